The van der Waals surface area contributed by atoms with Gasteiger partial charge in [-0.3, -0.25) is 9.78 Å². The van der Waals surface area contributed by atoms with Crippen LogP contribution in [0.2, 0.25) is 0 Å². The monoisotopic (exact) mass is 479 g/mol. The fourth-order valence-corrected chi connectivity index (χ4v) is 5.02. The number of amides is 1. The summed E-state index contributed by atoms with van der Waals surface area (Å²) in [5.41, 5.74) is 0.913. The lowest BCUT2D eigenvalue weighted by Crippen LogP contribution is -2.51. The standard InChI is InChI=1S/C25H29N5O5/c1-32-18-3-4-19(21(14-18)33-2)24(31)30-10-6-25(7-11-30)15-17(5-12-34-25)13-22-28-23(29-35-22)20-16-26-8-9-27-20/h3-4,8-9,14,16-17H,5-7,10-13,15H2,1-2H3. The first-order valence-electron chi connectivity index (χ1n) is 11.8. The van der Waals surface area contributed by atoms with E-state index in [0.29, 0.717) is 66.5 Å². The molecule has 2 aliphatic heterocycles. The highest BCUT2D eigenvalue weighted by Gasteiger charge is 2.41. The molecule has 5 rings (SSSR count). The number of piperidine rings is 1. The third-order valence-electron chi connectivity index (χ3n) is 6.92. The third-order valence-corrected chi connectivity index (χ3v) is 6.92. The summed E-state index contributed by atoms with van der Waals surface area (Å²) in [4.78, 5) is 27.9. The Morgan fingerprint density at radius 3 is 2.80 bits per heavy atom. The first-order valence-corrected chi connectivity index (χ1v) is 11.8. The van der Waals surface area contributed by atoms with E-state index in [1.807, 2.05) is 4.90 Å². The minimum absolute atomic E-state index is 0.0332. The average Bonchev–Trinajstić information content (AvgIpc) is 3.37. The highest BCUT2D eigenvalue weighted by Crippen LogP contribution is 2.39. The first-order chi connectivity index (χ1) is 17.1. The number of hydrogen-bond acceptors (Lipinski definition) is 9. The van der Waals surface area contributed by atoms with Crippen molar-refractivity contribution in [3.63, 3.8) is 0 Å². The minimum atomic E-state index is -0.225. The van der Waals surface area contributed by atoms with Crippen LogP contribution in [0.15, 0.2) is 41.3 Å². The van der Waals surface area contributed by atoms with Crippen molar-refractivity contribution in [3.05, 3.63) is 48.2 Å². The van der Waals surface area contributed by atoms with E-state index in [1.54, 1.807) is 51.0 Å². The number of nitrogens with zero attached hydrogens (tertiary/aromatic N) is 5. The van der Waals surface area contributed by atoms with Gasteiger partial charge in [-0.1, -0.05) is 5.16 Å². The number of hydrogen-bond donors (Lipinski definition) is 0. The third kappa shape index (κ3) is 4.97. The molecule has 2 fully saturated rings. The van der Waals surface area contributed by atoms with Crippen molar-refractivity contribution in [1.29, 1.82) is 0 Å². The molecule has 184 valence electrons. The van der Waals surface area contributed by atoms with Crippen molar-refractivity contribution in [2.24, 2.45) is 5.92 Å². The van der Waals surface area contributed by atoms with Crippen LogP contribution in [0, 0.1) is 5.92 Å². The molecule has 4 heterocycles. The Morgan fingerprint density at radius 1 is 1.20 bits per heavy atom. The Labute approximate surface area is 203 Å². The van der Waals surface area contributed by atoms with Gasteiger partial charge in [0.1, 0.15) is 17.2 Å². The molecule has 1 unspecified atom stereocenters. The molecule has 0 aliphatic carbocycles. The van der Waals surface area contributed by atoms with Crippen LogP contribution in [0.5, 0.6) is 11.5 Å². The zero-order valence-corrected chi connectivity index (χ0v) is 20.0. The average molecular weight is 480 g/mol. The van der Waals surface area contributed by atoms with Crippen LogP contribution in [0.4, 0.5) is 0 Å². The van der Waals surface area contributed by atoms with E-state index in [0.717, 1.165) is 25.7 Å². The molecule has 0 N–H and O–H groups in total. The van der Waals surface area contributed by atoms with Crippen molar-refractivity contribution < 1.29 is 23.5 Å². The van der Waals surface area contributed by atoms with Crippen molar-refractivity contribution >= 4 is 5.91 Å². The maximum atomic E-state index is 13.2. The Balaban J connectivity index is 1.20. The summed E-state index contributed by atoms with van der Waals surface area (Å²) in [6.07, 6.45) is 8.97. The lowest BCUT2D eigenvalue weighted by Gasteiger charge is -2.46. The van der Waals surface area contributed by atoms with Gasteiger partial charge in [0, 0.05) is 44.6 Å². The van der Waals surface area contributed by atoms with Crippen molar-refractivity contribution in [2.45, 2.75) is 37.7 Å². The normalized spacial score (nSPS) is 19.5. The van der Waals surface area contributed by atoms with Crippen LogP contribution < -0.4 is 9.47 Å². The highest BCUT2D eigenvalue weighted by atomic mass is 16.5. The van der Waals surface area contributed by atoms with Crippen molar-refractivity contribution in [1.82, 2.24) is 25.0 Å². The molecule has 1 spiro atoms. The molecule has 1 amide bonds. The zero-order chi connectivity index (χ0) is 24.3. The lowest BCUT2D eigenvalue weighted by molar-refractivity contribution is -0.124. The fraction of sp³-hybridized carbons (Fsp3) is 0.480. The van der Waals surface area contributed by atoms with Gasteiger partial charge >= 0.3 is 0 Å². The molecule has 2 aromatic heterocycles. The predicted octanol–water partition coefficient (Wildman–Crippen LogP) is 3.19. The van der Waals surface area contributed by atoms with Crippen LogP contribution in [0.1, 0.15) is 41.9 Å². The van der Waals surface area contributed by atoms with E-state index in [4.69, 9.17) is 18.7 Å². The van der Waals surface area contributed by atoms with Crippen LogP contribution in [-0.4, -0.2) is 70.4 Å². The Hall–Kier alpha value is -3.53. The Kier molecular flexibility index (Phi) is 6.63. The molecular formula is C25H29N5O5. The summed E-state index contributed by atoms with van der Waals surface area (Å²) in [5.74, 6) is 2.58. The quantitative estimate of drug-likeness (QED) is 0.526. The van der Waals surface area contributed by atoms with Crippen molar-refractivity contribution in [3.8, 4) is 23.0 Å². The second kappa shape index (κ2) is 9.99. The molecular weight excluding hydrogens is 450 g/mol. The predicted molar refractivity (Wildman–Crippen MR) is 125 cm³/mol. The number of likely N-dealkylation sites (tertiary alicyclic amines) is 1. The number of ether oxygens (including phenoxy) is 3. The number of rotatable bonds is 6. The maximum absolute atomic E-state index is 13.2. The SMILES string of the molecule is COc1ccc(C(=O)N2CCC3(CC2)CC(Cc2nc(-c4cnccn4)no2)CCO3)c(OC)c1. The molecule has 2 aliphatic rings. The summed E-state index contributed by atoms with van der Waals surface area (Å²) in [6, 6.07) is 5.28. The molecule has 35 heavy (non-hydrogen) atoms. The summed E-state index contributed by atoms with van der Waals surface area (Å²) in [6.45, 7) is 1.96. The van der Waals surface area contributed by atoms with E-state index < -0.39 is 0 Å². The van der Waals surface area contributed by atoms with E-state index in [-0.39, 0.29) is 11.5 Å². The molecule has 0 saturated carbocycles. The summed E-state index contributed by atoms with van der Waals surface area (Å²) in [7, 11) is 3.15. The van der Waals surface area contributed by atoms with E-state index in [1.165, 1.54) is 0 Å². The van der Waals surface area contributed by atoms with Gasteiger partial charge in [-0.15, -0.1) is 0 Å². The van der Waals surface area contributed by atoms with Gasteiger partial charge in [-0.05, 0) is 43.7 Å². The molecule has 1 aromatic carbocycles. The molecule has 10 nitrogen and oxygen atoms in total. The number of methoxy groups -OCH3 is 2. The van der Waals surface area contributed by atoms with E-state index in [9.17, 15) is 4.79 Å². The largest absolute Gasteiger partial charge is 0.497 e. The minimum Gasteiger partial charge on any atom is -0.497 e. The van der Waals surface area contributed by atoms with Crippen molar-refractivity contribution in [2.75, 3.05) is 33.9 Å². The number of carbonyl (C=O) groups excluding carboxylic acids is 1. The molecule has 0 radical (unpaired) electrons. The smallest absolute Gasteiger partial charge is 0.257 e. The molecule has 3 aromatic rings. The van der Waals surface area contributed by atoms with Crippen LogP contribution in [-0.2, 0) is 11.2 Å². The van der Waals surface area contributed by atoms with Gasteiger partial charge in [0.25, 0.3) is 5.91 Å². The topological polar surface area (TPSA) is 113 Å². The van der Waals surface area contributed by atoms with Gasteiger partial charge in [-0.2, -0.15) is 4.98 Å². The van der Waals surface area contributed by atoms with Gasteiger partial charge in [0.05, 0.1) is 31.6 Å². The Morgan fingerprint density at radius 2 is 2.06 bits per heavy atom. The van der Waals surface area contributed by atoms with E-state index >= 15 is 0 Å². The van der Waals surface area contributed by atoms with Gasteiger partial charge in [-0.25, -0.2) is 4.98 Å². The van der Waals surface area contributed by atoms with Crippen LogP contribution in [0.3, 0.4) is 0 Å². The van der Waals surface area contributed by atoms with Gasteiger partial charge in [0.15, 0.2) is 0 Å². The summed E-state index contributed by atoms with van der Waals surface area (Å²) >= 11 is 0. The Bertz CT molecular complexity index is 1160. The number of benzene rings is 1. The molecule has 1 atom stereocenters. The molecule has 0 bridgehead atoms. The molecule has 2 saturated heterocycles. The maximum Gasteiger partial charge on any atom is 0.257 e. The first kappa shape index (κ1) is 23.2. The number of aromatic nitrogens is 4. The summed E-state index contributed by atoms with van der Waals surface area (Å²) in [5, 5.41) is 4.06. The lowest BCUT2D eigenvalue weighted by atomic mass is 9.78. The van der Waals surface area contributed by atoms with Crippen LogP contribution >= 0.6 is 0 Å². The van der Waals surface area contributed by atoms with Crippen LogP contribution in [0.25, 0.3) is 11.5 Å². The van der Waals surface area contributed by atoms with Gasteiger partial charge in [0.2, 0.25) is 11.7 Å². The van der Waals surface area contributed by atoms with Gasteiger partial charge < -0.3 is 23.6 Å². The fourth-order valence-electron chi connectivity index (χ4n) is 5.02. The second-order valence-electron chi connectivity index (χ2n) is 9.06. The molecule has 10 heteroatoms. The van der Waals surface area contributed by atoms with E-state index in [2.05, 4.69) is 20.1 Å². The highest BCUT2D eigenvalue weighted by molar-refractivity contribution is 5.97. The number of carbonyl (C=O) groups is 1. The summed E-state index contributed by atoms with van der Waals surface area (Å²) < 4.78 is 22.5. The second-order valence-corrected chi connectivity index (χ2v) is 9.06. The zero-order valence-electron chi connectivity index (χ0n) is 20.0.